The average molecular weight is 261 g/mol. The number of nitrogens with one attached hydrogen (secondary N) is 2. The molecule has 6 nitrogen and oxygen atoms in total. The lowest BCUT2D eigenvalue weighted by atomic mass is 10.2. The third kappa shape index (κ3) is 5.55. The van der Waals surface area contributed by atoms with Crippen LogP contribution in [-0.4, -0.2) is 18.4 Å². The molecule has 6 heteroatoms. The third-order valence-electron chi connectivity index (χ3n) is 2.17. The summed E-state index contributed by atoms with van der Waals surface area (Å²) in [4.78, 5) is 22.4. The summed E-state index contributed by atoms with van der Waals surface area (Å²) in [5.41, 5.74) is 5.04. The van der Waals surface area contributed by atoms with Crippen LogP contribution < -0.4 is 15.6 Å². The topological polar surface area (TPSA) is 91.2 Å². The number of nitrogens with zero attached hydrogens (tertiary/aromatic N) is 1. The molecule has 1 rings (SSSR count). The maximum atomic E-state index is 11.3. The molecule has 0 bridgehead atoms. The Morgan fingerprint density at radius 3 is 2.42 bits per heavy atom. The summed E-state index contributed by atoms with van der Waals surface area (Å²) in [5, 5.41) is 8.62. The molecule has 0 radical (unpaired) electrons. The van der Waals surface area contributed by atoms with Gasteiger partial charge in [0.1, 0.15) is 5.75 Å². The molecular formula is C13H15N3O3. The lowest BCUT2D eigenvalue weighted by molar-refractivity contribution is -0.130. The molecule has 0 saturated heterocycles. The zero-order chi connectivity index (χ0) is 14.1. The van der Waals surface area contributed by atoms with Crippen molar-refractivity contribution < 1.29 is 14.3 Å². The Morgan fingerprint density at radius 2 is 1.84 bits per heavy atom. The number of hydrogen-bond donors (Lipinski definition) is 2. The van der Waals surface area contributed by atoms with Crippen LogP contribution in [0.25, 0.3) is 0 Å². The van der Waals surface area contributed by atoms with E-state index >= 15 is 0 Å². The first-order valence-corrected chi connectivity index (χ1v) is 5.86. The van der Waals surface area contributed by atoms with E-state index < -0.39 is 5.91 Å². The van der Waals surface area contributed by atoms with Crippen molar-refractivity contribution in [2.24, 2.45) is 0 Å². The first-order chi connectivity index (χ1) is 9.15. The fraction of sp³-hybridized carbons (Fsp3) is 0.308. The minimum atomic E-state index is -0.450. The number of carbonyl (C=O) groups excluding carboxylic acids is 2. The summed E-state index contributed by atoms with van der Waals surface area (Å²) in [6, 6.07) is 8.37. The highest BCUT2D eigenvalue weighted by Crippen LogP contribution is 2.10. The number of hydrogen-bond acceptors (Lipinski definition) is 4. The van der Waals surface area contributed by atoms with Crippen molar-refractivity contribution in [2.75, 3.05) is 6.61 Å². The van der Waals surface area contributed by atoms with E-state index in [1.807, 2.05) is 13.0 Å². The Hall–Kier alpha value is -2.55. The van der Waals surface area contributed by atoms with Gasteiger partial charge in [-0.2, -0.15) is 5.26 Å². The standard InChI is InChI=1S/C13H15N3O3/c1-2-3-12(17)15-16-13(18)9-19-11-6-4-10(8-14)5-7-11/h4-7H,2-3,9H2,1H3,(H,15,17)(H,16,18). The van der Waals surface area contributed by atoms with E-state index in [4.69, 9.17) is 10.00 Å². The van der Waals surface area contributed by atoms with Crippen molar-refractivity contribution in [3.05, 3.63) is 29.8 Å². The first-order valence-electron chi connectivity index (χ1n) is 5.86. The molecule has 0 heterocycles. The van der Waals surface area contributed by atoms with Crippen LogP contribution >= 0.6 is 0 Å². The van der Waals surface area contributed by atoms with E-state index in [1.54, 1.807) is 24.3 Å². The summed E-state index contributed by atoms with van der Waals surface area (Å²) < 4.78 is 5.19. The zero-order valence-corrected chi connectivity index (χ0v) is 10.6. The number of benzene rings is 1. The molecule has 0 saturated carbocycles. The number of ether oxygens (including phenoxy) is 1. The molecule has 0 fully saturated rings. The van der Waals surface area contributed by atoms with Crippen LogP contribution in [0, 0.1) is 11.3 Å². The number of hydrazine groups is 1. The highest BCUT2D eigenvalue weighted by Gasteiger charge is 2.04. The molecule has 2 N–H and O–H groups in total. The fourth-order valence-corrected chi connectivity index (χ4v) is 1.24. The van der Waals surface area contributed by atoms with Crippen LogP contribution in [0.3, 0.4) is 0 Å². The SMILES string of the molecule is CCCC(=O)NNC(=O)COc1ccc(C#N)cc1. The van der Waals surface area contributed by atoms with Gasteiger partial charge >= 0.3 is 0 Å². The quantitative estimate of drug-likeness (QED) is 0.770. The van der Waals surface area contributed by atoms with Crippen molar-refractivity contribution in [3.63, 3.8) is 0 Å². The predicted octanol–water partition coefficient (Wildman–Crippen LogP) is 0.885. The molecule has 1 aromatic rings. The number of amides is 2. The van der Waals surface area contributed by atoms with Gasteiger partial charge in [-0.3, -0.25) is 20.4 Å². The molecule has 0 unspecified atom stereocenters. The summed E-state index contributed by atoms with van der Waals surface area (Å²) in [6.45, 7) is 1.66. The van der Waals surface area contributed by atoms with Gasteiger partial charge in [-0.05, 0) is 30.7 Å². The van der Waals surface area contributed by atoms with Crippen LogP contribution in [0.1, 0.15) is 25.3 Å². The average Bonchev–Trinajstić information content (AvgIpc) is 2.44. The molecule has 1 aromatic carbocycles. The Morgan fingerprint density at radius 1 is 1.21 bits per heavy atom. The van der Waals surface area contributed by atoms with Gasteiger partial charge in [0.15, 0.2) is 6.61 Å². The first kappa shape index (κ1) is 14.5. The minimum absolute atomic E-state index is 0.210. The maximum Gasteiger partial charge on any atom is 0.276 e. The minimum Gasteiger partial charge on any atom is -0.484 e. The highest BCUT2D eigenvalue weighted by molar-refractivity contribution is 5.82. The van der Waals surface area contributed by atoms with Gasteiger partial charge in [-0.1, -0.05) is 6.92 Å². The summed E-state index contributed by atoms with van der Waals surface area (Å²) in [7, 11) is 0. The third-order valence-corrected chi connectivity index (χ3v) is 2.17. The van der Waals surface area contributed by atoms with Crippen molar-refractivity contribution in [1.82, 2.24) is 10.9 Å². The van der Waals surface area contributed by atoms with Gasteiger partial charge < -0.3 is 4.74 Å². The van der Waals surface area contributed by atoms with E-state index in [0.29, 0.717) is 24.2 Å². The summed E-state index contributed by atoms with van der Waals surface area (Å²) in [6.07, 6.45) is 1.07. The van der Waals surface area contributed by atoms with Gasteiger partial charge in [-0.15, -0.1) is 0 Å². The second-order valence-electron chi connectivity index (χ2n) is 3.77. The zero-order valence-electron chi connectivity index (χ0n) is 10.6. The van der Waals surface area contributed by atoms with E-state index in [1.165, 1.54) is 0 Å². The molecular weight excluding hydrogens is 246 g/mol. The molecule has 100 valence electrons. The fourth-order valence-electron chi connectivity index (χ4n) is 1.24. The number of carbonyl (C=O) groups is 2. The molecule has 0 aliphatic carbocycles. The summed E-state index contributed by atoms with van der Waals surface area (Å²) in [5.74, 6) is -0.211. The van der Waals surface area contributed by atoms with Crippen LogP contribution in [0.5, 0.6) is 5.75 Å². The molecule has 0 atom stereocenters. The number of rotatable bonds is 5. The van der Waals surface area contributed by atoms with Gasteiger partial charge in [0.05, 0.1) is 11.6 Å². The Labute approximate surface area is 111 Å². The van der Waals surface area contributed by atoms with Gasteiger partial charge in [-0.25, -0.2) is 0 Å². The van der Waals surface area contributed by atoms with E-state index in [9.17, 15) is 9.59 Å². The highest BCUT2D eigenvalue weighted by atomic mass is 16.5. The van der Waals surface area contributed by atoms with E-state index in [0.717, 1.165) is 0 Å². The number of nitriles is 1. The van der Waals surface area contributed by atoms with Crippen molar-refractivity contribution in [3.8, 4) is 11.8 Å². The Kier molecular flexibility index (Phi) is 5.89. The largest absolute Gasteiger partial charge is 0.484 e. The molecule has 0 aliphatic rings. The Balaban J connectivity index is 2.29. The lowest BCUT2D eigenvalue weighted by Gasteiger charge is -2.08. The molecule has 2 amide bonds. The predicted molar refractivity (Wildman–Crippen MR) is 67.8 cm³/mol. The Bertz CT molecular complexity index is 477. The summed E-state index contributed by atoms with van der Waals surface area (Å²) >= 11 is 0. The molecule has 0 aliphatic heterocycles. The van der Waals surface area contributed by atoms with E-state index in [-0.39, 0.29) is 12.5 Å². The van der Waals surface area contributed by atoms with Crippen LogP contribution in [-0.2, 0) is 9.59 Å². The van der Waals surface area contributed by atoms with E-state index in [2.05, 4.69) is 10.9 Å². The second-order valence-corrected chi connectivity index (χ2v) is 3.77. The molecule has 0 aromatic heterocycles. The molecule has 19 heavy (non-hydrogen) atoms. The second kappa shape index (κ2) is 7.71. The molecule has 0 spiro atoms. The maximum absolute atomic E-state index is 11.3. The van der Waals surface area contributed by atoms with Crippen LogP contribution in [0.15, 0.2) is 24.3 Å². The lowest BCUT2D eigenvalue weighted by Crippen LogP contribution is -2.43. The van der Waals surface area contributed by atoms with Crippen molar-refractivity contribution >= 4 is 11.8 Å². The van der Waals surface area contributed by atoms with Crippen LogP contribution in [0.4, 0.5) is 0 Å². The van der Waals surface area contributed by atoms with Gasteiger partial charge in [0, 0.05) is 6.42 Å². The normalized spacial score (nSPS) is 9.26. The monoisotopic (exact) mass is 261 g/mol. The van der Waals surface area contributed by atoms with Gasteiger partial charge in [0.25, 0.3) is 5.91 Å². The smallest absolute Gasteiger partial charge is 0.276 e. The van der Waals surface area contributed by atoms with Crippen molar-refractivity contribution in [2.45, 2.75) is 19.8 Å². The van der Waals surface area contributed by atoms with Crippen molar-refractivity contribution in [1.29, 1.82) is 5.26 Å². The van der Waals surface area contributed by atoms with Gasteiger partial charge in [0.2, 0.25) is 5.91 Å². The van der Waals surface area contributed by atoms with Crippen LogP contribution in [0.2, 0.25) is 0 Å².